The Kier molecular flexibility index (Phi) is 2.20. The molecule has 3 N–H and O–H groups in total. The summed E-state index contributed by atoms with van der Waals surface area (Å²) in [5.74, 6) is -1.21. The number of hydrogen-bond donors (Lipinski definition) is 2. The highest BCUT2D eigenvalue weighted by molar-refractivity contribution is 5.53. The van der Waals surface area contributed by atoms with E-state index in [1.807, 2.05) is 0 Å². The number of aromatic nitrogens is 2. The zero-order valence-corrected chi connectivity index (χ0v) is 7.37. The molecular formula is C8H6F2N4O. The van der Waals surface area contributed by atoms with Crippen molar-refractivity contribution in [3.05, 3.63) is 29.8 Å². The summed E-state index contributed by atoms with van der Waals surface area (Å²) < 4.78 is 30.6. The molecular weight excluding hydrogens is 206 g/mol. The van der Waals surface area contributed by atoms with Gasteiger partial charge >= 0.3 is 12.0 Å². The van der Waals surface area contributed by atoms with Gasteiger partial charge in [0, 0.05) is 6.07 Å². The summed E-state index contributed by atoms with van der Waals surface area (Å²) in [6.45, 7) is 0. The predicted octanol–water partition coefficient (Wildman–Crippen LogP) is 1.67. The molecule has 78 valence electrons. The van der Waals surface area contributed by atoms with E-state index in [0.29, 0.717) is 0 Å². The van der Waals surface area contributed by atoms with E-state index in [1.165, 1.54) is 0 Å². The predicted molar refractivity (Wildman–Crippen MR) is 48.4 cm³/mol. The molecule has 0 aliphatic carbocycles. The van der Waals surface area contributed by atoms with Gasteiger partial charge in [-0.3, -0.25) is 0 Å². The van der Waals surface area contributed by atoms with Gasteiger partial charge in [-0.25, -0.2) is 8.78 Å². The largest absolute Gasteiger partial charge is 0.389 e. The van der Waals surface area contributed by atoms with Gasteiger partial charge in [0.15, 0.2) is 0 Å². The van der Waals surface area contributed by atoms with Crippen molar-refractivity contribution in [1.82, 2.24) is 10.2 Å². The lowest BCUT2D eigenvalue weighted by Crippen LogP contribution is -1.94. The first-order chi connectivity index (χ1) is 7.15. The van der Waals surface area contributed by atoms with E-state index in [9.17, 15) is 8.78 Å². The second-order valence-corrected chi connectivity index (χ2v) is 2.69. The fourth-order valence-corrected chi connectivity index (χ4v) is 0.994. The molecule has 2 aromatic rings. The summed E-state index contributed by atoms with van der Waals surface area (Å²) in [7, 11) is 0. The monoisotopic (exact) mass is 212 g/mol. The SMILES string of the molecule is Nc1nnc(Nc2cc(F)ccc2F)o1. The minimum absolute atomic E-state index is 0.0985. The quantitative estimate of drug-likeness (QED) is 0.791. The molecule has 0 unspecified atom stereocenters. The third-order valence-corrected chi connectivity index (χ3v) is 1.61. The van der Waals surface area contributed by atoms with Crippen LogP contribution in [0.4, 0.5) is 26.5 Å². The number of nitrogens with one attached hydrogen (secondary N) is 1. The highest BCUT2D eigenvalue weighted by Crippen LogP contribution is 2.20. The topological polar surface area (TPSA) is 77.0 Å². The normalized spacial score (nSPS) is 10.3. The second-order valence-electron chi connectivity index (χ2n) is 2.69. The molecule has 0 amide bonds. The minimum Gasteiger partial charge on any atom is -0.389 e. The Morgan fingerprint density at radius 1 is 1.27 bits per heavy atom. The van der Waals surface area contributed by atoms with Gasteiger partial charge in [0.2, 0.25) is 0 Å². The number of rotatable bonds is 2. The Balaban J connectivity index is 2.27. The number of benzene rings is 1. The lowest BCUT2D eigenvalue weighted by Gasteiger charge is -2.01. The summed E-state index contributed by atoms with van der Waals surface area (Å²) in [5, 5.41) is 9.19. The van der Waals surface area contributed by atoms with Crippen LogP contribution in [0, 0.1) is 11.6 Å². The van der Waals surface area contributed by atoms with Gasteiger partial charge in [-0.05, 0) is 12.1 Å². The molecule has 1 heterocycles. The van der Waals surface area contributed by atoms with Crippen molar-refractivity contribution in [1.29, 1.82) is 0 Å². The maximum absolute atomic E-state index is 13.1. The number of halogens is 2. The summed E-state index contributed by atoms with van der Waals surface area (Å²) in [4.78, 5) is 0. The fraction of sp³-hybridized carbons (Fsp3) is 0. The molecule has 5 nitrogen and oxygen atoms in total. The van der Waals surface area contributed by atoms with Crippen molar-refractivity contribution in [2.75, 3.05) is 11.1 Å². The van der Waals surface area contributed by atoms with Gasteiger partial charge in [0.05, 0.1) is 5.69 Å². The molecule has 0 aliphatic rings. The summed E-state index contributed by atoms with van der Waals surface area (Å²) >= 11 is 0. The fourth-order valence-electron chi connectivity index (χ4n) is 0.994. The van der Waals surface area contributed by atoms with Gasteiger partial charge in [0.1, 0.15) is 11.6 Å². The Morgan fingerprint density at radius 2 is 2.07 bits per heavy atom. The second kappa shape index (κ2) is 3.52. The number of nitrogen functional groups attached to an aromatic ring is 1. The van der Waals surface area contributed by atoms with E-state index in [4.69, 9.17) is 10.2 Å². The average Bonchev–Trinajstić information content (AvgIpc) is 2.58. The maximum Gasteiger partial charge on any atom is 0.321 e. The number of nitrogens with two attached hydrogens (primary N) is 1. The molecule has 2 rings (SSSR count). The summed E-state index contributed by atoms with van der Waals surface area (Å²) in [6.07, 6.45) is 0. The zero-order valence-electron chi connectivity index (χ0n) is 7.37. The summed E-state index contributed by atoms with van der Waals surface area (Å²) in [5.41, 5.74) is 5.05. The molecule has 1 aromatic carbocycles. The molecule has 0 saturated heterocycles. The van der Waals surface area contributed by atoms with Crippen molar-refractivity contribution < 1.29 is 13.2 Å². The van der Waals surface area contributed by atoms with Crippen LogP contribution in [-0.4, -0.2) is 10.2 Å². The van der Waals surface area contributed by atoms with Crippen LogP contribution >= 0.6 is 0 Å². The van der Waals surface area contributed by atoms with E-state index in [2.05, 4.69) is 15.5 Å². The number of anilines is 3. The summed E-state index contributed by atoms with van der Waals surface area (Å²) in [6, 6.07) is 2.70. The zero-order chi connectivity index (χ0) is 10.8. The van der Waals surface area contributed by atoms with E-state index in [-0.39, 0.29) is 17.7 Å². The van der Waals surface area contributed by atoms with Crippen LogP contribution in [0.2, 0.25) is 0 Å². The molecule has 0 aliphatic heterocycles. The van der Waals surface area contributed by atoms with E-state index >= 15 is 0 Å². The van der Waals surface area contributed by atoms with Crippen molar-refractivity contribution in [2.24, 2.45) is 0 Å². The van der Waals surface area contributed by atoms with Gasteiger partial charge in [0.25, 0.3) is 0 Å². The Labute approximate surface area is 82.9 Å². The molecule has 0 spiro atoms. The molecule has 0 radical (unpaired) electrons. The van der Waals surface area contributed by atoms with Crippen LogP contribution in [0.5, 0.6) is 0 Å². The van der Waals surface area contributed by atoms with Gasteiger partial charge < -0.3 is 15.5 Å². The molecule has 7 heteroatoms. The number of hydrogen-bond acceptors (Lipinski definition) is 5. The first-order valence-electron chi connectivity index (χ1n) is 3.96. The standard InChI is InChI=1S/C8H6F2N4O/c9-4-1-2-5(10)6(3-4)12-8-14-13-7(11)15-8/h1-3H,(H2,11,13)(H,12,14). The maximum atomic E-state index is 13.1. The molecule has 0 fully saturated rings. The molecule has 0 saturated carbocycles. The van der Waals surface area contributed by atoms with E-state index in [1.54, 1.807) is 0 Å². The third-order valence-electron chi connectivity index (χ3n) is 1.61. The van der Waals surface area contributed by atoms with Crippen LogP contribution in [0.3, 0.4) is 0 Å². The molecule has 15 heavy (non-hydrogen) atoms. The van der Waals surface area contributed by atoms with Gasteiger partial charge in [-0.2, -0.15) is 0 Å². The van der Waals surface area contributed by atoms with Crippen LogP contribution in [0.25, 0.3) is 0 Å². The Morgan fingerprint density at radius 3 is 2.73 bits per heavy atom. The van der Waals surface area contributed by atoms with Crippen molar-refractivity contribution in [2.45, 2.75) is 0 Å². The van der Waals surface area contributed by atoms with Gasteiger partial charge in [-0.1, -0.05) is 10.2 Å². The van der Waals surface area contributed by atoms with Gasteiger partial charge in [-0.15, -0.1) is 0 Å². The van der Waals surface area contributed by atoms with Crippen molar-refractivity contribution in [3.63, 3.8) is 0 Å². The molecule has 0 atom stereocenters. The van der Waals surface area contributed by atoms with Crippen LogP contribution < -0.4 is 11.1 Å². The molecule has 0 bridgehead atoms. The first kappa shape index (κ1) is 9.38. The van der Waals surface area contributed by atoms with E-state index < -0.39 is 11.6 Å². The van der Waals surface area contributed by atoms with Crippen molar-refractivity contribution in [3.8, 4) is 0 Å². The highest BCUT2D eigenvalue weighted by Gasteiger charge is 2.07. The minimum atomic E-state index is -0.631. The highest BCUT2D eigenvalue weighted by atomic mass is 19.1. The van der Waals surface area contributed by atoms with Crippen LogP contribution in [0.15, 0.2) is 22.6 Å². The third kappa shape index (κ3) is 2.01. The smallest absolute Gasteiger partial charge is 0.321 e. The van der Waals surface area contributed by atoms with Crippen LogP contribution in [-0.2, 0) is 0 Å². The lowest BCUT2D eigenvalue weighted by atomic mass is 10.3. The Hall–Kier alpha value is -2.18. The number of nitrogens with zero attached hydrogens (tertiary/aromatic N) is 2. The molecule has 1 aromatic heterocycles. The van der Waals surface area contributed by atoms with E-state index in [0.717, 1.165) is 18.2 Å². The first-order valence-corrected chi connectivity index (χ1v) is 3.96. The lowest BCUT2D eigenvalue weighted by molar-refractivity contribution is 0.584. The van der Waals surface area contributed by atoms with Crippen LogP contribution in [0.1, 0.15) is 0 Å². The van der Waals surface area contributed by atoms with Crippen molar-refractivity contribution >= 4 is 17.7 Å². The Bertz CT molecular complexity index is 485. The average molecular weight is 212 g/mol.